The van der Waals surface area contributed by atoms with Gasteiger partial charge in [-0.15, -0.1) is 0 Å². The van der Waals surface area contributed by atoms with E-state index in [1.54, 1.807) is 0 Å². The quantitative estimate of drug-likeness (QED) is 0.644. The highest BCUT2D eigenvalue weighted by molar-refractivity contribution is 9.09. The predicted molar refractivity (Wildman–Crippen MR) is 78.2 cm³/mol. The summed E-state index contributed by atoms with van der Waals surface area (Å²) in [5, 5.41) is 1.08. The second kappa shape index (κ2) is 7.75. The van der Waals surface area contributed by atoms with Crippen LogP contribution in [0, 0.1) is 5.92 Å². The van der Waals surface area contributed by atoms with Gasteiger partial charge in [-0.2, -0.15) is 0 Å². The van der Waals surface area contributed by atoms with E-state index in [0.717, 1.165) is 30.0 Å². The SMILES string of the molecule is CC(CCBr)CCOc1cccc(C(C)C)c1. The highest BCUT2D eigenvalue weighted by Gasteiger charge is 2.03. The van der Waals surface area contributed by atoms with Crippen LogP contribution in [-0.2, 0) is 0 Å². The standard InChI is InChI=1S/C15H23BrO/c1-12(2)14-5-4-6-15(11-14)17-10-8-13(3)7-9-16/h4-6,11-13H,7-10H2,1-3H3. The van der Waals surface area contributed by atoms with Gasteiger partial charge in [0.1, 0.15) is 5.75 Å². The topological polar surface area (TPSA) is 9.23 Å². The van der Waals surface area contributed by atoms with Crippen LogP contribution in [0.25, 0.3) is 0 Å². The first-order valence-corrected chi connectivity index (χ1v) is 7.54. The van der Waals surface area contributed by atoms with Gasteiger partial charge in [0.05, 0.1) is 6.61 Å². The lowest BCUT2D eigenvalue weighted by Crippen LogP contribution is -2.05. The largest absolute Gasteiger partial charge is 0.494 e. The molecule has 0 spiro atoms. The van der Waals surface area contributed by atoms with Crippen molar-refractivity contribution in [3.05, 3.63) is 29.8 Å². The summed E-state index contributed by atoms with van der Waals surface area (Å²) >= 11 is 3.47. The molecule has 0 N–H and O–H groups in total. The molecule has 0 amide bonds. The predicted octanol–water partition coefficient (Wildman–Crippen LogP) is 5.00. The number of benzene rings is 1. The Labute approximate surface area is 114 Å². The smallest absolute Gasteiger partial charge is 0.119 e. The molecule has 1 atom stereocenters. The summed E-state index contributed by atoms with van der Waals surface area (Å²) in [5.41, 5.74) is 1.34. The number of ether oxygens (including phenoxy) is 1. The van der Waals surface area contributed by atoms with Gasteiger partial charge in [-0.1, -0.05) is 48.8 Å². The Balaban J connectivity index is 2.38. The van der Waals surface area contributed by atoms with E-state index in [9.17, 15) is 0 Å². The first-order valence-electron chi connectivity index (χ1n) is 6.42. The maximum Gasteiger partial charge on any atom is 0.119 e. The first kappa shape index (κ1) is 14.6. The molecular weight excluding hydrogens is 276 g/mol. The van der Waals surface area contributed by atoms with Crippen LogP contribution in [0.3, 0.4) is 0 Å². The molecule has 0 aliphatic heterocycles. The Morgan fingerprint density at radius 2 is 1.94 bits per heavy atom. The lowest BCUT2D eigenvalue weighted by atomic mass is 10.0. The third-order valence-electron chi connectivity index (χ3n) is 3.01. The molecule has 1 nitrogen and oxygen atoms in total. The fourth-order valence-electron chi connectivity index (χ4n) is 1.67. The van der Waals surface area contributed by atoms with Gasteiger partial charge >= 0.3 is 0 Å². The molecule has 0 saturated heterocycles. The van der Waals surface area contributed by atoms with Crippen LogP contribution in [0.2, 0.25) is 0 Å². The average molecular weight is 299 g/mol. The Hall–Kier alpha value is -0.500. The van der Waals surface area contributed by atoms with Crippen molar-refractivity contribution in [1.29, 1.82) is 0 Å². The molecule has 0 aliphatic carbocycles. The van der Waals surface area contributed by atoms with Gasteiger partial charge in [0.15, 0.2) is 0 Å². The minimum Gasteiger partial charge on any atom is -0.494 e. The molecule has 1 unspecified atom stereocenters. The Morgan fingerprint density at radius 1 is 1.18 bits per heavy atom. The summed E-state index contributed by atoms with van der Waals surface area (Å²) in [7, 11) is 0. The van der Waals surface area contributed by atoms with Crippen molar-refractivity contribution in [3.8, 4) is 5.75 Å². The van der Waals surface area contributed by atoms with Crippen LogP contribution >= 0.6 is 15.9 Å². The molecule has 0 bridgehead atoms. The third-order valence-corrected chi connectivity index (χ3v) is 3.46. The molecule has 2 heteroatoms. The Morgan fingerprint density at radius 3 is 2.59 bits per heavy atom. The molecule has 1 aromatic rings. The maximum atomic E-state index is 5.80. The third kappa shape index (κ3) is 5.58. The van der Waals surface area contributed by atoms with Gasteiger partial charge in [-0.05, 0) is 42.4 Å². The Kier molecular flexibility index (Phi) is 6.64. The maximum absolute atomic E-state index is 5.80. The highest BCUT2D eigenvalue weighted by atomic mass is 79.9. The van der Waals surface area contributed by atoms with Crippen LogP contribution in [0.1, 0.15) is 45.1 Å². The van der Waals surface area contributed by atoms with Gasteiger partial charge < -0.3 is 4.74 Å². The molecular formula is C15H23BrO. The summed E-state index contributed by atoms with van der Waals surface area (Å²) in [4.78, 5) is 0. The minimum atomic E-state index is 0.561. The molecule has 0 radical (unpaired) electrons. The molecule has 1 aromatic carbocycles. The molecule has 0 aliphatic rings. The van der Waals surface area contributed by atoms with Crippen molar-refractivity contribution in [1.82, 2.24) is 0 Å². The summed E-state index contributed by atoms with van der Waals surface area (Å²) < 4.78 is 5.80. The average Bonchev–Trinajstić information content (AvgIpc) is 2.30. The van der Waals surface area contributed by atoms with Crippen molar-refractivity contribution >= 4 is 15.9 Å². The van der Waals surface area contributed by atoms with Gasteiger partial charge in [-0.25, -0.2) is 0 Å². The number of halogens is 1. The zero-order chi connectivity index (χ0) is 12.7. The highest BCUT2D eigenvalue weighted by Crippen LogP contribution is 2.20. The van der Waals surface area contributed by atoms with E-state index in [-0.39, 0.29) is 0 Å². The zero-order valence-electron chi connectivity index (χ0n) is 11.1. The van der Waals surface area contributed by atoms with Crippen molar-refractivity contribution in [2.75, 3.05) is 11.9 Å². The van der Waals surface area contributed by atoms with E-state index in [4.69, 9.17) is 4.74 Å². The van der Waals surface area contributed by atoms with Crippen LogP contribution in [-0.4, -0.2) is 11.9 Å². The summed E-state index contributed by atoms with van der Waals surface area (Å²) in [6, 6.07) is 8.43. The number of rotatable bonds is 7. The summed E-state index contributed by atoms with van der Waals surface area (Å²) in [5.74, 6) is 2.29. The second-order valence-corrected chi connectivity index (χ2v) is 5.74. The molecule has 1 rings (SSSR count). The van der Waals surface area contributed by atoms with Crippen LogP contribution < -0.4 is 4.74 Å². The van der Waals surface area contributed by atoms with Crippen molar-refractivity contribution < 1.29 is 4.74 Å². The van der Waals surface area contributed by atoms with Gasteiger partial charge in [-0.3, -0.25) is 0 Å². The molecule has 0 aromatic heterocycles. The van der Waals surface area contributed by atoms with Crippen molar-refractivity contribution in [2.45, 2.75) is 39.5 Å². The van der Waals surface area contributed by atoms with E-state index in [2.05, 4.69) is 54.9 Å². The first-order chi connectivity index (χ1) is 8.13. The Bertz CT molecular complexity index is 322. The van der Waals surface area contributed by atoms with Gasteiger partial charge in [0, 0.05) is 5.33 Å². The molecule has 17 heavy (non-hydrogen) atoms. The van der Waals surface area contributed by atoms with Crippen LogP contribution in [0.5, 0.6) is 5.75 Å². The monoisotopic (exact) mass is 298 g/mol. The minimum absolute atomic E-state index is 0.561. The molecule has 96 valence electrons. The van der Waals surface area contributed by atoms with E-state index in [1.807, 2.05) is 6.07 Å². The number of hydrogen-bond donors (Lipinski definition) is 0. The van der Waals surface area contributed by atoms with E-state index >= 15 is 0 Å². The number of alkyl halides is 1. The lowest BCUT2D eigenvalue weighted by molar-refractivity contribution is 0.282. The van der Waals surface area contributed by atoms with E-state index in [0.29, 0.717) is 5.92 Å². The fourth-order valence-corrected chi connectivity index (χ4v) is 2.45. The number of hydrogen-bond acceptors (Lipinski definition) is 1. The lowest BCUT2D eigenvalue weighted by Gasteiger charge is -2.12. The van der Waals surface area contributed by atoms with E-state index in [1.165, 1.54) is 12.0 Å². The van der Waals surface area contributed by atoms with Gasteiger partial charge in [0.2, 0.25) is 0 Å². The summed E-state index contributed by atoms with van der Waals surface area (Å²) in [6.07, 6.45) is 2.34. The van der Waals surface area contributed by atoms with Crippen molar-refractivity contribution in [3.63, 3.8) is 0 Å². The van der Waals surface area contributed by atoms with E-state index < -0.39 is 0 Å². The van der Waals surface area contributed by atoms with Crippen LogP contribution in [0.4, 0.5) is 0 Å². The summed E-state index contributed by atoms with van der Waals surface area (Å²) in [6.45, 7) is 7.50. The van der Waals surface area contributed by atoms with Crippen LogP contribution in [0.15, 0.2) is 24.3 Å². The second-order valence-electron chi connectivity index (χ2n) is 4.95. The molecule has 0 fully saturated rings. The fraction of sp³-hybridized carbons (Fsp3) is 0.600. The zero-order valence-corrected chi connectivity index (χ0v) is 12.7. The van der Waals surface area contributed by atoms with Crippen molar-refractivity contribution in [2.24, 2.45) is 5.92 Å². The van der Waals surface area contributed by atoms with Gasteiger partial charge in [0.25, 0.3) is 0 Å². The molecule has 0 saturated carbocycles. The molecule has 0 heterocycles. The normalized spacial score (nSPS) is 12.8.